The normalized spacial score (nSPS) is 11.7. The minimum absolute atomic E-state index is 0.0388. The molecule has 0 aromatic heterocycles. The van der Waals surface area contributed by atoms with E-state index in [1.807, 2.05) is 0 Å². The molecule has 0 heterocycles. The fraction of sp³-hybridized carbons (Fsp3) is 0.467. The van der Waals surface area contributed by atoms with Crippen LogP contribution in [-0.2, 0) is 4.79 Å². The largest absolute Gasteiger partial charge is 0.481 e. The first-order valence-corrected chi connectivity index (χ1v) is 7.03. The molecule has 0 saturated carbocycles. The van der Waals surface area contributed by atoms with E-state index in [0.29, 0.717) is 12.3 Å². The van der Waals surface area contributed by atoms with Crippen LogP contribution >= 0.6 is 0 Å². The second-order valence-corrected chi connectivity index (χ2v) is 4.81. The number of nitrogens with two attached hydrogens (primary N) is 1. The minimum atomic E-state index is -1.13. The zero-order valence-corrected chi connectivity index (χ0v) is 12.4. The van der Waals surface area contributed by atoms with Crippen molar-refractivity contribution in [3.63, 3.8) is 0 Å². The van der Waals surface area contributed by atoms with Crippen molar-refractivity contribution in [3.05, 3.63) is 23.8 Å². The van der Waals surface area contributed by atoms with Gasteiger partial charge in [0.15, 0.2) is 6.10 Å². The van der Waals surface area contributed by atoms with E-state index in [-0.39, 0.29) is 17.2 Å². The molecule has 116 valence electrons. The highest BCUT2D eigenvalue weighted by molar-refractivity contribution is 5.94. The van der Waals surface area contributed by atoms with Crippen LogP contribution in [0.2, 0.25) is 0 Å². The number of rotatable bonds is 8. The van der Waals surface area contributed by atoms with Crippen LogP contribution in [0, 0.1) is 0 Å². The van der Waals surface area contributed by atoms with Crippen molar-refractivity contribution in [2.45, 2.75) is 39.2 Å². The zero-order chi connectivity index (χ0) is 15.8. The number of carboxylic acids is 1. The second-order valence-electron chi connectivity index (χ2n) is 4.81. The standard InChI is InChI=1S/C15H22N2O4/c1-3-4-5-8-17-14(18)10(2)21-11-6-7-13(16)12(9-11)15(19)20/h6-7,9-10H,3-5,8,16H2,1-2H3,(H,17,18)(H,19,20). The van der Waals surface area contributed by atoms with E-state index in [1.54, 1.807) is 13.0 Å². The number of aromatic carboxylic acids is 1. The molecule has 1 aromatic carbocycles. The van der Waals surface area contributed by atoms with E-state index in [1.165, 1.54) is 12.1 Å². The van der Waals surface area contributed by atoms with Crippen molar-refractivity contribution >= 4 is 17.6 Å². The Balaban J connectivity index is 2.58. The molecule has 1 amide bonds. The first-order valence-electron chi connectivity index (χ1n) is 7.03. The highest BCUT2D eigenvalue weighted by Gasteiger charge is 2.16. The van der Waals surface area contributed by atoms with Crippen molar-refractivity contribution in [1.82, 2.24) is 5.32 Å². The molecule has 6 nitrogen and oxygen atoms in total. The van der Waals surface area contributed by atoms with Gasteiger partial charge < -0.3 is 20.9 Å². The van der Waals surface area contributed by atoms with Gasteiger partial charge in [0.2, 0.25) is 0 Å². The molecule has 4 N–H and O–H groups in total. The summed E-state index contributed by atoms with van der Waals surface area (Å²) < 4.78 is 5.45. The lowest BCUT2D eigenvalue weighted by atomic mass is 10.1. The predicted molar refractivity (Wildman–Crippen MR) is 80.4 cm³/mol. The number of benzene rings is 1. The number of amides is 1. The van der Waals surface area contributed by atoms with Gasteiger partial charge in [-0.15, -0.1) is 0 Å². The smallest absolute Gasteiger partial charge is 0.337 e. The van der Waals surface area contributed by atoms with Gasteiger partial charge in [0.25, 0.3) is 5.91 Å². The number of carbonyl (C=O) groups excluding carboxylic acids is 1. The molecule has 1 atom stereocenters. The van der Waals surface area contributed by atoms with Crippen molar-refractivity contribution < 1.29 is 19.4 Å². The molecule has 0 fully saturated rings. The molecule has 1 unspecified atom stereocenters. The number of nitrogens with one attached hydrogen (secondary N) is 1. The SMILES string of the molecule is CCCCCNC(=O)C(C)Oc1ccc(N)c(C(=O)O)c1. The molecule has 0 radical (unpaired) electrons. The topological polar surface area (TPSA) is 102 Å². The van der Waals surface area contributed by atoms with Crippen LogP contribution in [0.1, 0.15) is 43.5 Å². The van der Waals surface area contributed by atoms with Crippen molar-refractivity contribution in [2.24, 2.45) is 0 Å². The molecule has 0 saturated heterocycles. The summed E-state index contributed by atoms with van der Waals surface area (Å²) in [6.45, 7) is 4.32. The first kappa shape index (κ1) is 16.8. The van der Waals surface area contributed by atoms with Crippen LogP contribution in [0.25, 0.3) is 0 Å². The van der Waals surface area contributed by atoms with Crippen LogP contribution in [0.15, 0.2) is 18.2 Å². The maximum Gasteiger partial charge on any atom is 0.337 e. The highest BCUT2D eigenvalue weighted by atomic mass is 16.5. The predicted octanol–water partition coefficient (Wildman–Crippen LogP) is 2.04. The average molecular weight is 294 g/mol. The van der Waals surface area contributed by atoms with E-state index < -0.39 is 12.1 Å². The quantitative estimate of drug-likeness (QED) is 0.503. The van der Waals surface area contributed by atoms with E-state index in [0.717, 1.165) is 19.3 Å². The minimum Gasteiger partial charge on any atom is -0.481 e. The lowest BCUT2D eigenvalue weighted by Crippen LogP contribution is -2.36. The molecule has 0 aliphatic heterocycles. The van der Waals surface area contributed by atoms with E-state index in [4.69, 9.17) is 15.6 Å². The molecule has 21 heavy (non-hydrogen) atoms. The van der Waals surface area contributed by atoms with Gasteiger partial charge in [0, 0.05) is 12.2 Å². The highest BCUT2D eigenvalue weighted by Crippen LogP contribution is 2.20. The number of ether oxygens (including phenoxy) is 1. The summed E-state index contributed by atoms with van der Waals surface area (Å²) >= 11 is 0. The summed E-state index contributed by atoms with van der Waals surface area (Å²) in [5, 5.41) is 11.8. The fourth-order valence-corrected chi connectivity index (χ4v) is 1.78. The number of nitrogen functional groups attached to an aromatic ring is 1. The lowest BCUT2D eigenvalue weighted by molar-refractivity contribution is -0.127. The fourth-order valence-electron chi connectivity index (χ4n) is 1.78. The number of anilines is 1. The van der Waals surface area contributed by atoms with Gasteiger partial charge >= 0.3 is 5.97 Å². The van der Waals surface area contributed by atoms with E-state index in [2.05, 4.69) is 12.2 Å². The first-order chi connectivity index (χ1) is 9.95. The molecule has 0 aliphatic carbocycles. The van der Waals surface area contributed by atoms with Crippen molar-refractivity contribution in [1.29, 1.82) is 0 Å². The maximum atomic E-state index is 11.8. The molecule has 1 aromatic rings. The monoisotopic (exact) mass is 294 g/mol. The lowest BCUT2D eigenvalue weighted by Gasteiger charge is -2.15. The number of hydrogen-bond donors (Lipinski definition) is 3. The molecule has 1 rings (SSSR count). The molecular formula is C15H22N2O4. The van der Waals surface area contributed by atoms with E-state index in [9.17, 15) is 9.59 Å². The summed E-state index contributed by atoms with van der Waals surface area (Å²) in [5.74, 6) is -1.05. The summed E-state index contributed by atoms with van der Waals surface area (Å²) in [5.41, 5.74) is 5.68. The Kier molecular flexibility index (Phi) is 6.52. The molecule has 0 spiro atoms. The van der Waals surface area contributed by atoms with Crippen LogP contribution in [0.3, 0.4) is 0 Å². The van der Waals surface area contributed by atoms with Crippen LogP contribution in [-0.4, -0.2) is 29.6 Å². The third kappa shape index (κ3) is 5.33. The van der Waals surface area contributed by atoms with Gasteiger partial charge in [-0.25, -0.2) is 4.79 Å². The van der Waals surface area contributed by atoms with Crippen molar-refractivity contribution in [2.75, 3.05) is 12.3 Å². The van der Waals surface area contributed by atoms with Gasteiger partial charge in [0.1, 0.15) is 5.75 Å². The Morgan fingerprint density at radius 2 is 2.10 bits per heavy atom. The Hall–Kier alpha value is -2.24. The van der Waals surface area contributed by atoms with E-state index >= 15 is 0 Å². The van der Waals surface area contributed by atoms with Gasteiger partial charge in [0.05, 0.1) is 5.56 Å². The summed E-state index contributed by atoms with van der Waals surface area (Å²) in [7, 11) is 0. The Morgan fingerprint density at radius 3 is 2.71 bits per heavy atom. The van der Waals surface area contributed by atoms with Gasteiger partial charge in [-0.3, -0.25) is 4.79 Å². The zero-order valence-electron chi connectivity index (χ0n) is 12.4. The van der Waals surface area contributed by atoms with Crippen LogP contribution in [0.5, 0.6) is 5.75 Å². The number of hydrogen-bond acceptors (Lipinski definition) is 4. The molecule has 6 heteroatoms. The molecule has 0 bridgehead atoms. The second kappa shape index (κ2) is 8.14. The Bertz CT molecular complexity index is 502. The average Bonchev–Trinajstić information content (AvgIpc) is 2.45. The van der Waals surface area contributed by atoms with Crippen LogP contribution in [0.4, 0.5) is 5.69 Å². The van der Waals surface area contributed by atoms with Crippen molar-refractivity contribution in [3.8, 4) is 5.75 Å². The number of unbranched alkanes of at least 4 members (excludes halogenated alkanes) is 2. The summed E-state index contributed by atoms with van der Waals surface area (Å²) in [4.78, 5) is 22.8. The van der Waals surface area contributed by atoms with Crippen LogP contribution < -0.4 is 15.8 Å². The molecule has 0 aliphatic rings. The number of carboxylic acid groups (broad SMARTS) is 1. The van der Waals surface area contributed by atoms with Gasteiger partial charge in [-0.2, -0.15) is 0 Å². The van der Waals surface area contributed by atoms with Gasteiger partial charge in [-0.05, 0) is 31.5 Å². The Labute approximate surface area is 124 Å². The Morgan fingerprint density at radius 1 is 1.38 bits per heavy atom. The van der Waals surface area contributed by atoms with Gasteiger partial charge in [-0.1, -0.05) is 19.8 Å². The third-order valence-electron chi connectivity index (χ3n) is 3.02. The maximum absolute atomic E-state index is 11.8. The summed E-state index contributed by atoms with van der Waals surface area (Å²) in [6, 6.07) is 4.31. The molecular weight excluding hydrogens is 272 g/mol. The third-order valence-corrected chi connectivity index (χ3v) is 3.02. The summed E-state index contributed by atoms with van der Waals surface area (Å²) in [6.07, 6.45) is 2.39. The number of carbonyl (C=O) groups is 2.